The Morgan fingerprint density at radius 2 is 2.43 bits per heavy atom. The fourth-order valence-corrected chi connectivity index (χ4v) is 2.89. The zero-order chi connectivity index (χ0) is 10.4. The Labute approximate surface area is 90.6 Å². The predicted octanol–water partition coefficient (Wildman–Crippen LogP) is 0.869. The second kappa shape index (κ2) is 5.95. The van der Waals surface area contributed by atoms with Gasteiger partial charge in [-0.15, -0.1) is 0 Å². The van der Waals surface area contributed by atoms with Crippen LogP contribution in [0.25, 0.3) is 0 Å². The molecule has 1 saturated heterocycles. The number of rotatable bonds is 6. The van der Waals surface area contributed by atoms with E-state index in [0.717, 1.165) is 31.0 Å². The molecule has 0 bridgehead atoms. The summed E-state index contributed by atoms with van der Waals surface area (Å²) < 4.78 is 5.09. The van der Waals surface area contributed by atoms with Crippen LogP contribution in [-0.4, -0.2) is 48.5 Å². The molecule has 84 valence electrons. The first-order valence-corrected chi connectivity index (χ1v) is 6.38. The molecule has 0 radical (unpaired) electrons. The first-order chi connectivity index (χ1) is 6.70. The van der Waals surface area contributed by atoms with Crippen molar-refractivity contribution >= 4 is 11.8 Å². The number of methoxy groups -OCH3 is 1. The summed E-state index contributed by atoms with van der Waals surface area (Å²) in [5, 5.41) is 13.4. The van der Waals surface area contributed by atoms with Gasteiger partial charge in [0.15, 0.2) is 0 Å². The van der Waals surface area contributed by atoms with Crippen molar-refractivity contribution in [2.75, 3.05) is 31.8 Å². The number of thioether (sulfide) groups is 1. The standard InChI is InChI=1S/C10H21NO2S/c1-3-9(6-13-2)11-7-10(12)4-5-14-8-10/h9,11-12H,3-8H2,1-2H3/t9-,10+/m0/s1. The topological polar surface area (TPSA) is 41.5 Å². The van der Waals surface area contributed by atoms with Crippen LogP contribution < -0.4 is 5.32 Å². The second-order valence-corrected chi connectivity index (χ2v) is 5.07. The smallest absolute Gasteiger partial charge is 0.0869 e. The van der Waals surface area contributed by atoms with E-state index in [9.17, 15) is 5.11 Å². The second-order valence-electron chi connectivity index (χ2n) is 3.97. The van der Waals surface area contributed by atoms with Crippen LogP contribution in [0.3, 0.4) is 0 Å². The van der Waals surface area contributed by atoms with Crippen LogP contribution in [0.2, 0.25) is 0 Å². The average molecular weight is 219 g/mol. The van der Waals surface area contributed by atoms with Crippen LogP contribution in [0.5, 0.6) is 0 Å². The van der Waals surface area contributed by atoms with Gasteiger partial charge in [0.25, 0.3) is 0 Å². The molecule has 0 aromatic heterocycles. The largest absolute Gasteiger partial charge is 0.388 e. The van der Waals surface area contributed by atoms with Gasteiger partial charge in [0, 0.05) is 25.4 Å². The monoisotopic (exact) mass is 219 g/mol. The third-order valence-corrected chi connectivity index (χ3v) is 3.90. The van der Waals surface area contributed by atoms with Gasteiger partial charge >= 0.3 is 0 Å². The fraction of sp³-hybridized carbons (Fsp3) is 1.00. The molecule has 4 heteroatoms. The van der Waals surface area contributed by atoms with Crippen molar-refractivity contribution in [2.24, 2.45) is 0 Å². The molecule has 0 spiro atoms. The van der Waals surface area contributed by atoms with Crippen LogP contribution in [0.4, 0.5) is 0 Å². The number of hydrogen-bond acceptors (Lipinski definition) is 4. The summed E-state index contributed by atoms with van der Waals surface area (Å²) in [6.07, 6.45) is 1.95. The number of aliphatic hydroxyl groups is 1. The van der Waals surface area contributed by atoms with E-state index in [1.165, 1.54) is 0 Å². The molecule has 2 atom stereocenters. The Morgan fingerprint density at radius 3 is 2.93 bits per heavy atom. The summed E-state index contributed by atoms with van der Waals surface area (Å²) in [6, 6.07) is 0.370. The van der Waals surface area contributed by atoms with E-state index in [1.807, 2.05) is 11.8 Å². The molecular formula is C10H21NO2S. The number of ether oxygens (including phenoxy) is 1. The lowest BCUT2D eigenvalue weighted by Gasteiger charge is -2.25. The van der Waals surface area contributed by atoms with Crippen molar-refractivity contribution in [1.82, 2.24) is 5.32 Å². The van der Waals surface area contributed by atoms with E-state index in [1.54, 1.807) is 7.11 Å². The minimum absolute atomic E-state index is 0.370. The van der Waals surface area contributed by atoms with Gasteiger partial charge in [-0.05, 0) is 18.6 Å². The zero-order valence-corrected chi connectivity index (χ0v) is 9.90. The van der Waals surface area contributed by atoms with Gasteiger partial charge in [0.1, 0.15) is 0 Å². The van der Waals surface area contributed by atoms with Gasteiger partial charge in [-0.25, -0.2) is 0 Å². The Kier molecular flexibility index (Phi) is 5.23. The van der Waals surface area contributed by atoms with Crippen LogP contribution >= 0.6 is 11.8 Å². The Bertz CT molecular complexity index is 160. The molecule has 0 aromatic carbocycles. The van der Waals surface area contributed by atoms with E-state index < -0.39 is 5.60 Å². The third-order valence-electron chi connectivity index (χ3n) is 2.66. The SMILES string of the molecule is CC[C@@H](COC)NC[C@]1(O)CCSC1. The molecule has 14 heavy (non-hydrogen) atoms. The molecule has 1 fully saturated rings. The highest BCUT2D eigenvalue weighted by Gasteiger charge is 2.31. The summed E-state index contributed by atoms with van der Waals surface area (Å²) in [7, 11) is 1.71. The third kappa shape index (κ3) is 3.77. The molecule has 1 aliphatic rings. The van der Waals surface area contributed by atoms with Gasteiger partial charge < -0.3 is 15.2 Å². The van der Waals surface area contributed by atoms with Crippen molar-refractivity contribution < 1.29 is 9.84 Å². The maximum Gasteiger partial charge on any atom is 0.0869 e. The molecule has 0 aliphatic carbocycles. The Morgan fingerprint density at radius 1 is 1.64 bits per heavy atom. The first-order valence-electron chi connectivity index (χ1n) is 5.22. The lowest BCUT2D eigenvalue weighted by molar-refractivity contribution is 0.0588. The maximum absolute atomic E-state index is 10.1. The average Bonchev–Trinajstić information content (AvgIpc) is 2.60. The number of nitrogens with one attached hydrogen (secondary N) is 1. The van der Waals surface area contributed by atoms with Gasteiger partial charge in [-0.3, -0.25) is 0 Å². The van der Waals surface area contributed by atoms with Crippen LogP contribution in [0, 0.1) is 0 Å². The molecule has 0 unspecified atom stereocenters. The zero-order valence-electron chi connectivity index (χ0n) is 9.08. The lowest BCUT2D eigenvalue weighted by atomic mass is 10.0. The van der Waals surface area contributed by atoms with Crippen molar-refractivity contribution in [2.45, 2.75) is 31.4 Å². The van der Waals surface area contributed by atoms with E-state index in [0.29, 0.717) is 12.6 Å². The molecule has 0 saturated carbocycles. The predicted molar refractivity (Wildman–Crippen MR) is 60.8 cm³/mol. The van der Waals surface area contributed by atoms with Gasteiger partial charge in [0.2, 0.25) is 0 Å². The van der Waals surface area contributed by atoms with Crippen molar-refractivity contribution in [1.29, 1.82) is 0 Å². The van der Waals surface area contributed by atoms with E-state index >= 15 is 0 Å². The summed E-state index contributed by atoms with van der Waals surface area (Å²) >= 11 is 1.83. The highest BCUT2D eigenvalue weighted by atomic mass is 32.2. The van der Waals surface area contributed by atoms with Crippen LogP contribution in [-0.2, 0) is 4.74 Å². The van der Waals surface area contributed by atoms with E-state index in [-0.39, 0.29) is 0 Å². The van der Waals surface area contributed by atoms with Gasteiger partial charge in [0.05, 0.1) is 12.2 Å². The molecular weight excluding hydrogens is 198 g/mol. The summed E-state index contributed by atoms with van der Waals surface area (Å²) in [5.74, 6) is 1.95. The molecule has 2 N–H and O–H groups in total. The summed E-state index contributed by atoms with van der Waals surface area (Å²) in [5.41, 5.74) is -0.480. The van der Waals surface area contributed by atoms with Crippen LogP contribution in [0.15, 0.2) is 0 Å². The molecule has 1 rings (SSSR count). The first kappa shape index (κ1) is 12.3. The van der Waals surface area contributed by atoms with Gasteiger partial charge in [-0.2, -0.15) is 11.8 Å². The van der Waals surface area contributed by atoms with Crippen molar-refractivity contribution in [3.05, 3.63) is 0 Å². The van der Waals surface area contributed by atoms with E-state index in [2.05, 4.69) is 12.2 Å². The minimum atomic E-state index is -0.480. The fourth-order valence-electron chi connectivity index (χ4n) is 1.59. The van der Waals surface area contributed by atoms with Crippen LogP contribution in [0.1, 0.15) is 19.8 Å². The minimum Gasteiger partial charge on any atom is -0.388 e. The maximum atomic E-state index is 10.1. The van der Waals surface area contributed by atoms with Crippen molar-refractivity contribution in [3.63, 3.8) is 0 Å². The quantitative estimate of drug-likeness (QED) is 0.695. The highest BCUT2D eigenvalue weighted by Crippen LogP contribution is 2.27. The summed E-state index contributed by atoms with van der Waals surface area (Å²) in [6.45, 7) is 3.55. The Hall–Kier alpha value is 0.230. The van der Waals surface area contributed by atoms with Crippen molar-refractivity contribution in [3.8, 4) is 0 Å². The molecule has 0 amide bonds. The molecule has 1 heterocycles. The summed E-state index contributed by atoms with van der Waals surface area (Å²) in [4.78, 5) is 0. The van der Waals surface area contributed by atoms with E-state index in [4.69, 9.17) is 4.74 Å². The molecule has 3 nitrogen and oxygen atoms in total. The number of hydrogen-bond donors (Lipinski definition) is 2. The highest BCUT2D eigenvalue weighted by molar-refractivity contribution is 7.99. The molecule has 0 aromatic rings. The molecule has 1 aliphatic heterocycles. The normalized spacial score (nSPS) is 29.4. The van der Waals surface area contributed by atoms with Gasteiger partial charge in [-0.1, -0.05) is 6.92 Å². The lowest BCUT2D eigenvalue weighted by Crippen LogP contribution is -2.45. The Balaban J connectivity index is 2.23.